The molecule has 1 aromatic heterocycles. The summed E-state index contributed by atoms with van der Waals surface area (Å²) in [5.41, 5.74) is 1.75. The molecule has 7 nitrogen and oxygen atoms in total. The van der Waals surface area contributed by atoms with E-state index in [1.54, 1.807) is 13.2 Å². The van der Waals surface area contributed by atoms with Gasteiger partial charge in [-0.2, -0.15) is 0 Å². The first kappa shape index (κ1) is 19.7. The third-order valence-electron chi connectivity index (χ3n) is 4.70. The number of aromatic nitrogens is 1. The highest BCUT2D eigenvalue weighted by atomic mass is 32.1. The summed E-state index contributed by atoms with van der Waals surface area (Å²) >= 11 is 4.85. The molecule has 0 unspecified atom stereocenters. The topological polar surface area (TPSA) is 81.6 Å². The number of carbonyl (C=O) groups is 2. The fourth-order valence-corrected chi connectivity index (χ4v) is 3.48. The van der Waals surface area contributed by atoms with Crippen LogP contribution in [0.1, 0.15) is 5.56 Å². The number of nitrogens with one attached hydrogen (secondary N) is 2. The molecule has 2 amide bonds. The highest BCUT2D eigenvalue weighted by Gasteiger charge is 2.26. The number of thiocarbonyl (C=S) groups is 1. The van der Waals surface area contributed by atoms with Crippen LogP contribution in [0.5, 0.6) is 11.5 Å². The maximum absolute atomic E-state index is 12.2. The smallest absolute Gasteiger partial charge is 0.263 e. The molecule has 152 valence electrons. The zero-order chi connectivity index (χ0) is 21.1. The van der Waals surface area contributed by atoms with E-state index in [9.17, 15) is 9.59 Å². The summed E-state index contributed by atoms with van der Waals surface area (Å²) in [6, 6.07) is 15.2. The normalized spacial score (nSPS) is 13.8. The number of hydrogen-bond donors (Lipinski definition) is 2. The maximum Gasteiger partial charge on any atom is 0.263 e. The summed E-state index contributed by atoms with van der Waals surface area (Å²) in [5.74, 6) is 0.430. The summed E-state index contributed by atoms with van der Waals surface area (Å²) in [5, 5.41) is 5.85. The second-order valence-corrected chi connectivity index (χ2v) is 7.03. The molecule has 4 rings (SSSR count). The van der Waals surface area contributed by atoms with E-state index in [1.807, 2.05) is 59.3 Å². The first-order valence-corrected chi connectivity index (χ1v) is 9.69. The third kappa shape index (κ3) is 4.04. The predicted molar refractivity (Wildman–Crippen MR) is 117 cm³/mol. The monoisotopic (exact) mass is 421 g/mol. The molecule has 0 saturated carbocycles. The molecule has 0 radical (unpaired) electrons. The molecule has 3 aromatic rings. The molecule has 8 heteroatoms. The van der Waals surface area contributed by atoms with Crippen LogP contribution in [0.25, 0.3) is 17.0 Å². The maximum atomic E-state index is 12.2. The van der Waals surface area contributed by atoms with Crippen molar-refractivity contribution in [2.45, 2.75) is 6.54 Å². The standard InChI is InChI=1S/C22H19N3O4S/c1-28-15-5-4-6-16(12-15)29-10-9-25-13-14(17-7-2-3-8-19(17)25)11-18-20(26)23-22(30)24-21(18)27/h2-8,11-13H,9-10H2,1H3,(H2,23,24,26,27,30). The lowest BCUT2D eigenvalue weighted by Gasteiger charge is -2.16. The Morgan fingerprint density at radius 1 is 1.03 bits per heavy atom. The van der Waals surface area contributed by atoms with Crippen molar-refractivity contribution in [3.05, 3.63) is 65.9 Å². The van der Waals surface area contributed by atoms with E-state index in [1.165, 1.54) is 0 Å². The molecule has 0 atom stereocenters. The van der Waals surface area contributed by atoms with Gasteiger partial charge >= 0.3 is 0 Å². The van der Waals surface area contributed by atoms with Gasteiger partial charge in [-0.15, -0.1) is 0 Å². The van der Waals surface area contributed by atoms with Gasteiger partial charge in [0.05, 0.1) is 13.7 Å². The van der Waals surface area contributed by atoms with Crippen LogP contribution in [-0.2, 0) is 16.1 Å². The Kier molecular flexibility index (Phi) is 5.49. The van der Waals surface area contributed by atoms with Crippen molar-refractivity contribution in [1.82, 2.24) is 15.2 Å². The summed E-state index contributed by atoms with van der Waals surface area (Å²) in [7, 11) is 1.61. The lowest BCUT2D eigenvalue weighted by Crippen LogP contribution is -2.51. The van der Waals surface area contributed by atoms with Crippen LogP contribution in [0, 0.1) is 0 Å². The Morgan fingerprint density at radius 3 is 2.53 bits per heavy atom. The summed E-state index contributed by atoms with van der Waals surface area (Å²) in [4.78, 5) is 24.4. The number of amides is 2. The molecule has 1 aliphatic heterocycles. The summed E-state index contributed by atoms with van der Waals surface area (Å²) in [6.45, 7) is 1.03. The Labute approximate surface area is 178 Å². The zero-order valence-electron chi connectivity index (χ0n) is 16.2. The Bertz CT molecular complexity index is 1160. The van der Waals surface area contributed by atoms with Gasteiger partial charge in [-0.05, 0) is 36.5 Å². The van der Waals surface area contributed by atoms with E-state index in [0.29, 0.717) is 13.2 Å². The van der Waals surface area contributed by atoms with E-state index in [4.69, 9.17) is 21.7 Å². The van der Waals surface area contributed by atoms with E-state index < -0.39 is 11.8 Å². The highest BCUT2D eigenvalue weighted by Crippen LogP contribution is 2.24. The third-order valence-corrected chi connectivity index (χ3v) is 4.91. The predicted octanol–water partition coefficient (Wildman–Crippen LogP) is 2.64. The van der Waals surface area contributed by atoms with Crippen molar-refractivity contribution in [3.8, 4) is 11.5 Å². The number of rotatable bonds is 6. The van der Waals surface area contributed by atoms with Crippen molar-refractivity contribution < 1.29 is 19.1 Å². The minimum absolute atomic E-state index is 0.0131. The minimum Gasteiger partial charge on any atom is -0.497 e. The molecule has 2 heterocycles. The molecule has 30 heavy (non-hydrogen) atoms. The molecule has 1 aliphatic rings. The first-order chi connectivity index (χ1) is 14.5. The lowest BCUT2D eigenvalue weighted by atomic mass is 10.1. The first-order valence-electron chi connectivity index (χ1n) is 9.28. The number of methoxy groups -OCH3 is 1. The fourth-order valence-electron chi connectivity index (χ4n) is 3.29. The highest BCUT2D eigenvalue weighted by molar-refractivity contribution is 7.80. The van der Waals surface area contributed by atoms with Crippen LogP contribution in [0.15, 0.2) is 60.3 Å². The molecule has 2 N–H and O–H groups in total. The van der Waals surface area contributed by atoms with Crippen molar-refractivity contribution in [3.63, 3.8) is 0 Å². The minimum atomic E-state index is -0.512. The van der Waals surface area contributed by atoms with Crippen LogP contribution in [0.4, 0.5) is 0 Å². The molecule has 0 bridgehead atoms. The van der Waals surface area contributed by atoms with Gasteiger partial charge in [-0.3, -0.25) is 20.2 Å². The molecule has 2 aromatic carbocycles. The van der Waals surface area contributed by atoms with Crippen molar-refractivity contribution in [1.29, 1.82) is 0 Å². The molecular weight excluding hydrogens is 402 g/mol. The van der Waals surface area contributed by atoms with Crippen LogP contribution < -0.4 is 20.1 Å². The van der Waals surface area contributed by atoms with Crippen molar-refractivity contribution in [2.24, 2.45) is 0 Å². The number of fused-ring (bicyclic) bond motifs is 1. The van der Waals surface area contributed by atoms with Gasteiger partial charge in [0.1, 0.15) is 23.7 Å². The van der Waals surface area contributed by atoms with Gasteiger partial charge in [0.2, 0.25) is 0 Å². The average Bonchev–Trinajstić information content (AvgIpc) is 3.08. The van der Waals surface area contributed by atoms with Gasteiger partial charge in [0, 0.05) is 28.7 Å². The van der Waals surface area contributed by atoms with E-state index in [0.717, 1.165) is 28.0 Å². The fraction of sp³-hybridized carbons (Fsp3) is 0.136. The number of para-hydroxylation sites is 1. The molecule has 0 spiro atoms. The number of ether oxygens (including phenoxy) is 2. The van der Waals surface area contributed by atoms with Gasteiger partial charge in [0.25, 0.3) is 11.8 Å². The Morgan fingerprint density at radius 2 is 1.77 bits per heavy atom. The van der Waals surface area contributed by atoms with E-state index in [-0.39, 0.29) is 10.7 Å². The molecule has 1 fully saturated rings. The van der Waals surface area contributed by atoms with Gasteiger partial charge in [-0.1, -0.05) is 24.3 Å². The SMILES string of the molecule is COc1cccc(OCCn2cc(C=C3C(=O)NC(=S)NC3=O)c3ccccc32)c1. The van der Waals surface area contributed by atoms with Crippen molar-refractivity contribution in [2.75, 3.05) is 13.7 Å². The van der Waals surface area contributed by atoms with Crippen LogP contribution in [-0.4, -0.2) is 35.2 Å². The van der Waals surface area contributed by atoms with E-state index in [2.05, 4.69) is 10.6 Å². The van der Waals surface area contributed by atoms with Crippen LogP contribution in [0.2, 0.25) is 0 Å². The molecule has 0 aliphatic carbocycles. The average molecular weight is 421 g/mol. The van der Waals surface area contributed by atoms with Crippen LogP contribution in [0.3, 0.4) is 0 Å². The second kappa shape index (κ2) is 8.38. The number of carbonyl (C=O) groups excluding carboxylic acids is 2. The summed E-state index contributed by atoms with van der Waals surface area (Å²) in [6.07, 6.45) is 3.48. The van der Waals surface area contributed by atoms with Gasteiger partial charge in [0.15, 0.2) is 5.11 Å². The lowest BCUT2D eigenvalue weighted by molar-refractivity contribution is -0.123. The zero-order valence-corrected chi connectivity index (χ0v) is 17.0. The number of benzene rings is 2. The largest absolute Gasteiger partial charge is 0.497 e. The summed E-state index contributed by atoms with van der Waals surface area (Å²) < 4.78 is 13.1. The molecular formula is C22H19N3O4S. The second-order valence-electron chi connectivity index (χ2n) is 6.62. The van der Waals surface area contributed by atoms with E-state index >= 15 is 0 Å². The quantitative estimate of drug-likeness (QED) is 0.363. The van der Waals surface area contributed by atoms with Crippen LogP contribution >= 0.6 is 12.2 Å². The van der Waals surface area contributed by atoms with Gasteiger partial charge < -0.3 is 14.0 Å². The van der Waals surface area contributed by atoms with Gasteiger partial charge in [-0.25, -0.2) is 0 Å². The Balaban J connectivity index is 1.58. The Hall–Kier alpha value is -3.65. The molecule has 1 saturated heterocycles. The van der Waals surface area contributed by atoms with Crippen molar-refractivity contribution >= 4 is 46.1 Å². The number of hydrogen-bond acceptors (Lipinski definition) is 5. The number of nitrogens with zero attached hydrogens (tertiary/aromatic N) is 1.